The summed E-state index contributed by atoms with van der Waals surface area (Å²) in [7, 11) is 0. The largest absolute Gasteiger partial charge is 0.475 e. The van der Waals surface area contributed by atoms with Crippen LogP contribution in [0.4, 0.5) is 0 Å². The number of aromatic carboxylic acids is 1. The van der Waals surface area contributed by atoms with E-state index in [1.54, 1.807) is 12.1 Å². The summed E-state index contributed by atoms with van der Waals surface area (Å²) in [6.07, 6.45) is 0. The molecule has 0 aliphatic rings. The highest BCUT2D eigenvalue weighted by atomic mass is 16.4. The second kappa shape index (κ2) is 4.49. The lowest BCUT2D eigenvalue weighted by Gasteiger charge is -2.05. The molecule has 0 fully saturated rings. The Morgan fingerprint density at radius 2 is 1.72 bits per heavy atom. The third-order valence-corrected chi connectivity index (χ3v) is 2.89. The monoisotopic (exact) mass is 244 g/mol. The maximum atomic E-state index is 12.2. The molecule has 92 valence electrons. The Bertz CT molecular complexity index is 622. The van der Waals surface area contributed by atoms with Gasteiger partial charge in [0, 0.05) is 5.56 Å². The number of carbonyl (C=O) groups excluding carboxylic acids is 1. The highest BCUT2D eigenvalue weighted by Gasteiger charge is 2.18. The first-order valence-electron chi connectivity index (χ1n) is 5.44. The van der Waals surface area contributed by atoms with Gasteiger partial charge in [0.2, 0.25) is 11.5 Å². The number of carboxylic acids is 1. The molecule has 18 heavy (non-hydrogen) atoms. The van der Waals surface area contributed by atoms with Crippen LogP contribution in [0.1, 0.15) is 37.8 Å². The van der Waals surface area contributed by atoms with Gasteiger partial charge in [0.1, 0.15) is 0 Å². The van der Waals surface area contributed by atoms with Crippen molar-refractivity contribution in [3.63, 3.8) is 0 Å². The Hall–Kier alpha value is -2.36. The van der Waals surface area contributed by atoms with Crippen LogP contribution in [-0.2, 0) is 0 Å². The minimum absolute atomic E-state index is 0.0427. The van der Waals surface area contributed by atoms with Gasteiger partial charge < -0.3 is 9.52 Å². The molecule has 4 heteroatoms. The molecule has 1 heterocycles. The summed E-state index contributed by atoms with van der Waals surface area (Å²) in [4.78, 5) is 22.9. The third-order valence-electron chi connectivity index (χ3n) is 2.89. The molecular formula is C14H12O4. The van der Waals surface area contributed by atoms with Gasteiger partial charge in [-0.3, -0.25) is 4.79 Å². The van der Waals surface area contributed by atoms with E-state index in [1.165, 1.54) is 12.1 Å². The van der Waals surface area contributed by atoms with Crippen LogP contribution in [0.25, 0.3) is 0 Å². The average molecular weight is 244 g/mol. The van der Waals surface area contributed by atoms with Crippen molar-refractivity contribution in [2.45, 2.75) is 13.8 Å². The molecule has 1 aromatic heterocycles. The van der Waals surface area contributed by atoms with E-state index >= 15 is 0 Å². The van der Waals surface area contributed by atoms with Crippen LogP contribution in [0.3, 0.4) is 0 Å². The second-order valence-corrected chi connectivity index (χ2v) is 4.05. The van der Waals surface area contributed by atoms with Gasteiger partial charge in [-0.1, -0.05) is 18.2 Å². The standard InChI is InChI=1S/C14H12O4/c1-8-4-3-5-10(9(8)2)13(15)11-6-7-12(18-11)14(16)17/h3-7H,1-2H3,(H,16,17). The summed E-state index contributed by atoms with van der Waals surface area (Å²) < 4.78 is 5.01. The first kappa shape index (κ1) is 12.1. The van der Waals surface area contributed by atoms with Crippen molar-refractivity contribution < 1.29 is 19.1 Å². The van der Waals surface area contributed by atoms with Crippen molar-refractivity contribution in [3.05, 3.63) is 58.5 Å². The van der Waals surface area contributed by atoms with Gasteiger partial charge in [-0.05, 0) is 37.1 Å². The molecule has 1 N–H and O–H groups in total. The Morgan fingerprint density at radius 3 is 2.33 bits per heavy atom. The number of furan rings is 1. The predicted octanol–water partition coefficient (Wildman–Crippen LogP) is 2.83. The summed E-state index contributed by atoms with van der Waals surface area (Å²) in [6.45, 7) is 3.76. The lowest BCUT2D eigenvalue weighted by atomic mass is 9.99. The van der Waals surface area contributed by atoms with E-state index in [-0.39, 0.29) is 17.3 Å². The van der Waals surface area contributed by atoms with Crippen LogP contribution >= 0.6 is 0 Å². The van der Waals surface area contributed by atoms with E-state index in [0.29, 0.717) is 5.56 Å². The number of hydrogen-bond donors (Lipinski definition) is 1. The van der Waals surface area contributed by atoms with Gasteiger partial charge in [0.05, 0.1) is 0 Å². The van der Waals surface area contributed by atoms with Crippen LogP contribution in [0.15, 0.2) is 34.7 Å². The summed E-state index contributed by atoms with van der Waals surface area (Å²) >= 11 is 0. The molecule has 0 atom stereocenters. The van der Waals surface area contributed by atoms with Crippen molar-refractivity contribution in [1.29, 1.82) is 0 Å². The lowest BCUT2D eigenvalue weighted by molar-refractivity contribution is 0.0660. The van der Waals surface area contributed by atoms with E-state index in [4.69, 9.17) is 9.52 Å². The fraction of sp³-hybridized carbons (Fsp3) is 0.143. The highest BCUT2D eigenvalue weighted by molar-refractivity contribution is 6.08. The molecule has 0 bridgehead atoms. The Labute approximate surface area is 104 Å². The average Bonchev–Trinajstić information content (AvgIpc) is 2.81. The molecule has 0 saturated heterocycles. The van der Waals surface area contributed by atoms with E-state index in [0.717, 1.165) is 11.1 Å². The zero-order chi connectivity index (χ0) is 13.3. The van der Waals surface area contributed by atoms with Crippen LogP contribution in [-0.4, -0.2) is 16.9 Å². The maximum absolute atomic E-state index is 12.2. The quantitative estimate of drug-likeness (QED) is 0.843. The SMILES string of the molecule is Cc1cccc(C(=O)c2ccc(C(=O)O)o2)c1C. The van der Waals surface area contributed by atoms with Gasteiger partial charge in [-0.2, -0.15) is 0 Å². The number of carbonyl (C=O) groups is 2. The van der Waals surface area contributed by atoms with Gasteiger partial charge in [-0.15, -0.1) is 0 Å². The van der Waals surface area contributed by atoms with Crippen molar-refractivity contribution >= 4 is 11.8 Å². The summed E-state index contributed by atoms with van der Waals surface area (Å²) in [6, 6.07) is 8.06. The fourth-order valence-corrected chi connectivity index (χ4v) is 1.70. The van der Waals surface area contributed by atoms with Crippen molar-refractivity contribution in [2.75, 3.05) is 0 Å². The summed E-state index contributed by atoms with van der Waals surface area (Å²) in [5.41, 5.74) is 2.41. The smallest absolute Gasteiger partial charge is 0.371 e. The first-order chi connectivity index (χ1) is 8.50. The van der Waals surface area contributed by atoms with Crippen LogP contribution in [0.5, 0.6) is 0 Å². The van der Waals surface area contributed by atoms with Gasteiger partial charge in [0.25, 0.3) is 0 Å². The van der Waals surface area contributed by atoms with Gasteiger partial charge in [0.15, 0.2) is 5.76 Å². The van der Waals surface area contributed by atoms with Crippen LogP contribution in [0, 0.1) is 13.8 Å². The molecule has 0 saturated carbocycles. The molecule has 0 radical (unpaired) electrons. The Kier molecular flexibility index (Phi) is 3.02. The summed E-state index contributed by atoms with van der Waals surface area (Å²) in [5, 5.41) is 8.74. The Morgan fingerprint density at radius 1 is 1.06 bits per heavy atom. The number of carboxylic acid groups (broad SMARTS) is 1. The van der Waals surface area contributed by atoms with Crippen LogP contribution in [0.2, 0.25) is 0 Å². The molecule has 0 amide bonds. The molecular weight excluding hydrogens is 232 g/mol. The molecule has 2 aromatic rings. The Balaban J connectivity index is 2.41. The number of rotatable bonds is 3. The van der Waals surface area contributed by atoms with E-state index in [1.807, 2.05) is 19.9 Å². The molecule has 0 unspecified atom stereocenters. The minimum Gasteiger partial charge on any atom is -0.475 e. The topological polar surface area (TPSA) is 67.5 Å². The lowest BCUT2D eigenvalue weighted by Crippen LogP contribution is -2.03. The summed E-state index contributed by atoms with van der Waals surface area (Å²) in [5.74, 6) is -1.68. The zero-order valence-corrected chi connectivity index (χ0v) is 10.1. The number of benzene rings is 1. The van der Waals surface area contributed by atoms with Gasteiger partial charge in [-0.25, -0.2) is 4.79 Å². The van der Waals surface area contributed by atoms with Crippen molar-refractivity contribution in [3.8, 4) is 0 Å². The molecule has 0 spiro atoms. The maximum Gasteiger partial charge on any atom is 0.371 e. The number of aryl methyl sites for hydroxylation is 1. The molecule has 0 aliphatic carbocycles. The van der Waals surface area contributed by atoms with E-state index in [2.05, 4.69) is 0 Å². The zero-order valence-electron chi connectivity index (χ0n) is 10.1. The van der Waals surface area contributed by atoms with Gasteiger partial charge >= 0.3 is 5.97 Å². The third kappa shape index (κ3) is 2.05. The number of ketones is 1. The van der Waals surface area contributed by atoms with E-state index < -0.39 is 5.97 Å². The van der Waals surface area contributed by atoms with Crippen LogP contribution < -0.4 is 0 Å². The first-order valence-corrected chi connectivity index (χ1v) is 5.44. The normalized spacial score (nSPS) is 10.3. The van der Waals surface area contributed by atoms with Crippen molar-refractivity contribution in [2.24, 2.45) is 0 Å². The molecule has 4 nitrogen and oxygen atoms in total. The molecule has 0 aliphatic heterocycles. The minimum atomic E-state index is -1.19. The second-order valence-electron chi connectivity index (χ2n) is 4.05. The molecule has 2 rings (SSSR count). The van der Waals surface area contributed by atoms with Crippen molar-refractivity contribution in [1.82, 2.24) is 0 Å². The van der Waals surface area contributed by atoms with E-state index in [9.17, 15) is 9.59 Å². The molecule has 1 aromatic carbocycles. The predicted molar refractivity (Wildman–Crippen MR) is 65.0 cm³/mol. The fourth-order valence-electron chi connectivity index (χ4n) is 1.70. The highest BCUT2D eigenvalue weighted by Crippen LogP contribution is 2.18. The number of hydrogen-bond acceptors (Lipinski definition) is 3.